The van der Waals surface area contributed by atoms with Crippen LogP contribution in [0.15, 0.2) is 146 Å². The molecule has 0 atom stereocenters. The average molecular weight is 671 g/mol. The molecule has 0 aliphatic heterocycles. The van der Waals surface area contributed by atoms with Gasteiger partial charge in [0.15, 0.2) is 0 Å². The Kier molecular flexibility index (Phi) is 5.94. The second kappa shape index (κ2) is 10.5. The van der Waals surface area contributed by atoms with E-state index in [2.05, 4.69) is 159 Å². The highest BCUT2D eigenvalue weighted by molar-refractivity contribution is 7.27. The Labute approximate surface area is 297 Å². The summed E-state index contributed by atoms with van der Waals surface area (Å²) in [5.74, 6) is 0. The molecule has 0 N–H and O–H groups in total. The van der Waals surface area contributed by atoms with Crippen LogP contribution in [-0.4, -0.2) is 0 Å². The number of rotatable bonds is 2. The first-order valence-electron chi connectivity index (χ1n) is 17.2. The SMILES string of the molecule is Cc1ccc2cc(-c3ccc4sc5c6cc7ccc8c9cc(-c%10ccc%11cc(C)ccc%11c%10)ccc9sc8c7cc6ccc5c4c3)ccc2c1. The van der Waals surface area contributed by atoms with Gasteiger partial charge in [0.2, 0.25) is 0 Å². The van der Waals surface area contributed by atoms with E-state index in [-0.39, 0.29) is 0 Å². The number of thiophene rings is 2. The van der Waals surface area contributed by atoms with Crippen molar-refractivity contribution in [1.82, 2.24) is 0 Å². The summed E-state index contributed by atoms with van der Waals surface area (Å²) in [5, 5.41) is 15.8. The maximum absolute atomic E-state index is 2.43. The maximum atomic E-state index is 2.43. The summed E-state index contributed by atoms with van der Waals surface area (Å²) in [6.07, 6.45) is 0. The van der Waals surface area contributed by atoms with Gasteiger partial charge in [-0.05, 0) is 117 Å². The Bertz CT molecular complexity index is 3010. The molecule has 0 saturated heterocycles. The lowest BCUT2D eigenvalue weighted by Gasteiger charge is -2.07. The molecule has 0 aliphatic carbocycles. The zero-order chi connectivity index (χ0) is 33.1. The van der Waals surface area contributed by atoms with Gasteiger partial charge in [0.05, 0.1) is 0 Å². The molecule has 11 aromatic rings. The normalized spacial score (nSPS) is 12.2. The first-order valence-corrected chi connectivity index (χ1v) is 18.9. The van der Waals surface area contributed by atoms with Crippen LogP contribution in [0, 0.1) is 13.8 Å². The first-order chi connectivity index (χ1) is 24.5. The van der Waals surface area contributed by atoms with Crippen molar-refractivity contribution in [2.45, 2.75) is 13.8 Å². The Morgan fingerprint density at radius 1 is 0.280 bits per heavy atom. The van der Waals surface area contributed by atoms with E-state index < -0.39 is 0 Å². The van der Waals surface area contributed by atoms with Crippen LogP contribution in [0.25, 0.3) is 106 Å². The molecule has 2 heteroatoms. The Morgan fingerprint density at radius 2 is 0.660 bits per heavy atom. The lowest BCUT2D eigenvalue weighted by molar-refractivity contribution is 1.50. The van der Waals surface area contributed by atoms with Gasteiger partial charge < -0.3 is 0 Å². The summed E-state index contributed by atoms with van der Waals surface area (Å²) in [6.45, 7) is 4.31. The Hall–Kier alpha value is -5.54. The summed E-state index contributed by atoms with van der Waals surface area (Å²) in [6, 6.07) is 55.3. The Balaban J connectivity index is 1.03. The zero-order valence-electron chi connectivity index (χ0n) is 27.7. The van der Waals surface area contributed by atoms with Crippen LogP contribution in [0.5, 0.6) is 0 Å². The quantitative estimate of drug-likeness (QED) is 0.161. The molecule has 0 amide bonds. The summed E-state index contributed by atoms with van der Waals surface area (Å²) in [7, 11) is 0. The van der Waals surface area contributed by atoms with E-state index in [4.69, 9.17) is 0 Å². The highest BCUT2D eigenvalue weighted by atomic mass is 32.1. The number of benzene rings is 9. The van der Waals surface area contributed by atoms with Crippen LogP contribution in [-0.2, 0) is 0 Å². The van der Waals surface area contributed by atoms with Crippen molar-refractivity contribution < 1.29 is 0 Å². The lowest BCUT2D eigenvalue weighted by Crippen LogP contribution is -1.81. The molecular weight excluding hydrogens is 641 g/mol. The van der Waals surface area contributed by atoms with Gasteiger partial charge in [-0.1, -0.05) is 108 Å². The van der Waals surface area contributed by atoms with Crippen LogP contribution in [0.3, 0.4) is 0 Å². The van der Waals surface area contributed by atoms with Crippen LogP contribution in [0.1, 0.15) is 11.1 Å². The van der Waals surface area contributed by atoms with Gasteiger partial charge in [-0.2, -0.15) is 0 Å². The third-order valence-electron chi connectivity index (χ3n) is 10.7. The average Bonchev–Trinajstić information content (AvgIpc) is 3.72. The van der Waals surface area contributed by atoms with E-state index in [1.165, 1.54) is 117 Å². The summed E-state index contributed by atoms with van der Waals surface area (Å²) in [5.41, 5.74) is 7.66. The van der Waals surface area contributed by atoms with E-state index in [9.17, 15) is 0 Å². The minimum Gasteiger partial charge on any atom is -0.135 e. The summed E-state index contributed by atoms with van der Waals surface area (Å²) < 4.78 is 5.42. The molecule has 0 radical (unpaired) electrons. The van der Waals surface area contributed by atoms with Crippen molar-refractivity contribution >= 4 is 106 Å². The first kappa shape index (κ1) is 28.3. The van der Waals surface area contributed by atoms with Crippen molar-refractivity contribution in [2.75, 3.05) is 0 Å². The third-order valence-corrected chi connectivity index (χ3v) is 13.1. The van der Waals surface area contributed by atoms with E-state index in [0.29, 0.717) is 0 Å². The highest BCUT2D eigenvalue weighted by Gasteiger charge is 2.15. The molecule has 0 spiro atoms. The van der Waals surface area contributed by atoms with Crippen molar-refractivity contribution in [3.8, 4) is 22.3 Å². The Morgan fingerprint density at radius 3 is 1.14 bits per heavy atom. The molecule has 50 heavy (non-hydrogen) atoms. The fourth-order valence-electron chi connectivity index (χ4n) is 8.06. The molecule has 2 heterocycles. The van der Waals surface area contributed by atoms with E-state index in [0.717, 1.165) is 0 Å². The van der Waals surface area contributed by atoms with Crippen LogP contribution in [0.4, 0.5) is 0 Å². The predicted molar refractivity (Wildman–Crippen MR) is 223 cm³/mol. The number of hydrogen-bond acceptors (Lipinski definition) is 2. The summed E-state index contributed by atoms with van der Waals surface area (Å²) >= 11 is 3.84. The molecule has 9 aromatic carbocycles. The lowest BCUT2D eigenvalue weighted by atomic mass is 9.97. The van der Waals surface area contributed by atoms with Gasteiger partial charge in [-0.15, -0.1) is 22.7 Å². The molecule has 0 fully saturated rings. The minimum absolute atomic E-state index is 1.26. The molecule has 0 bridgehead atoms. The molecule has 234 valence electrons. The minimum atomic E-state index is 1.26. The van der Waals surface area contributed by atoms with Crippen molar-refractivity contribution in [3.63, 3.8) is 0 Å². The molecular formula is C48H30S2. The maximum Gasteiger partial charge on any atom is 0.0434 e. The van der Waals surface area contributed by atoms with Crippen molar-refractivity contribution in [2.24, 2.45) is 0 Å². The van der Waals surface area contributed by atoms with Crippen molar-refractivity contribution in [3.05, 3.63) is 157 Å². The second-order valence-corrected chi connectivity index (χ2v) is 16.0. The molecule has 11 rings (SSSR count). The largest absolute Gasteiger partial charge is 0.135 e. The molecule has 2 aromatic heterocycles. The molecule has 0 unspecified atom stereocenters. The topological polar surface area (TPSA) is 0 Å². The molecule has 0 saturated carbocycles. The fraction of sp³-hybridized carbons (Fsp3) is 0.0417. The summed E-state index contributed by atoms with van der Waals surface area (Å²) in [4.78, 5) is 0. The second-order valence-electron chi connectivity index (χ2n) is 13.9. The third kappa shape index (κ3) is 4.29. The van der Waals surface area contributed by atoms with Crippen LogP contribution in [0.2, 0.25) is 0 Å². The predicted octanol–water partition coefficient (Wildman–Crippen LogP) is 15.0. The van der Waals surface area contributed by atoms with E-state index in [1.807, 2.05) is 22.7 Å². The standard InChI is InChI=1S/C48H30S2/c1-27-3-5-31-21-33(9-7-29(31)19-27)35-13-17-45-43(23-35)39-15-11-37-26-42-38(25-41(37)47(39)49-45)12-16-40-44-24-36(14-18-46(44)50-48(40)42)34-10-8-30-20-28(2)4-6-32(30)22-34/h3-26H,1-2H3. The fourth-order valence-corrected chi connectivity index (χ4v) is 10.5. The van der Waals surface area contributed by atoms with Gasteiger partial charge in [0.25, 0.3) is 0 Å². The van der Waals surface area contributed by atoms with Gasteiger partial charge >= 0.3 is 0 Å². The monoisotopic (exact) mass is 670 g/mol. The van der Waals surface area contributed by atoms with Gasteiger partial charge in [0.1, 0.15) is 0 Å². The van der Waals surface area contributed by atoms with E-state index >= 15 is 0 Å². The molecule has 0 aliphatic rings. The highest BCUT2D eigenvalue weighted by Crippen LogP contribution is 2.44. The number of hydrogen-bond donors (Lipinski definition) is 0. The number of aryl methyl sites for hydroxylation is 2. The number of fused-ring (bicyclic) bond motifs is 12. The van der Waals surface area contributed by atoms with Crippen LogP contribution < -0.4 is 0 Å². The van der Waals surface area contributed by atoms with E-state index in [1.54, 1.807) is 0 Å². The molecule has 0 nitrogen and oxygen atoms in total. The van der Waals surface area contributed by atoms with Crippen LogP contribution >= 0.6 is 22.7 Å². The smallest absolute Gasteiger partial charge is 0.0434 e. The van der Waals surface area contributed by atoms with Crippen molar-refractivity contribution in [1.29, 1.82) is 0 Å². The van der Waals surface area contributed by atoms with Gasteiger partial charge in [-0.3, -0.25) is 0 Å². The van der Waals surface area contributed by atoms with Gasteiger partial charge in [-0.25, -0.2) is 0 Å². The van der Waals surface area contributed by atoms with Gasteiger partial charge in [0, 0.05) is 51.1 Å². The zero-order valence-corrected chi connectivity index (χ0v) is 29.3.